The summed E-state index contributed by atoms with van der Waals surface area (Å²) < 4.78 is 5.63. The van der Waals surface area contributed by atoms with Gasteiger partial charge in [-0.05, 0) is 31.4 Å². The molecule has 2 nitrogen and oxygen atoms in total. The Morgan fingerprint density at radius 1 is 1.38 bits per heavy atom. The molecule has 0 saturated carbocycles. The highest BCUT2D eigenvalue weighted by Crippen LogP contribution is 2.31. The minimum atomic E-state index is 0.392. The van der Waals surface area contributed by atoms with E-state index >= 15 is 0 Å². The first-order chi connectivity index (χ1) is 7.77. The lowest BCUT2D eigenvalue weighted by Crippen LogP contribution is -2.23. The number of rotatable bonds is 5. The molecule has 1 unspecified atom stereocenters. The van der Waals surface area contributed by atoms with Gasteiger partial charge in [0, 0.05) is 5.56 Å². The maximum atomic E-state index is 5.63. The molecule has 0 fully saturated rings. The van der Waals surface area contributed by atoms with Gasteiger partial charge in [0.2, 0.25) is 0 Å². The van der Waals surface area contributed by atoms with Crippen LogP contribution in [0.4, 0.5) is 0 Å². The monoisotopic (exact) mass is 219 g/mol. The van der Waals surface area contributed by atoms with E-state index in [0.717, 1.165) is 24.8 Å². The van der Waals surface area contributed by atoms with Gasteiger partial charge in [0.1, 0.15) is 12.4 Å². The molecule has 0 aromatic heterocycles. The van der Waals surface area contributed by atoms with Crippen LogP contribution in [0.3, 0.4) is 0 Å². The average Bonchev–Trinajstić information content (AvgIpc) is 2.68. The van der Waals surface area contributed by atoms with E-state index in [4.69, 9.17) is 4.74 Å². The lowest BCUT2D eigenvalue weighted by molar-refractivity contribution is 0.309. The second-order valence-corrected chi connectivity index (χ2v) is 4.89. The number of fused-ring (bicyclic) bond motifs is 1. The van der Waals surface area contributed by atoms with Crippen molar-refractivity contribution >= 4 is 0 Å². The third kappa shape index (κ3) is 2.76. The zero-order chi connectivity index (χ0) is 11.4. The van der Waals surface area contributed by atoms with Gasteiger partial charge in [-0.25, -0.2) is 0 Å². The van der Waals surface area contributed by atoms with E-state index in [1.54, 1.807) is 0 Å². The Balaban J connectivity index is 1.80. The summed E-state index contributed by atoms with van der Waals surface area (Å²) in [5.41, 5.74) is 1.31. The van der Waals surface area contributed by atoms with Crippen molar-refractivity contribution in [2.24, 2.45) is 5.92 Å². The molecule has 0 amide bonds. The molecule has 2 rings (SSSR count). The molecule has 1 aromatic carbocycles. The summed E-state index contributed by atoms with van der Waals surface area (Å²) in [7, 11) is 0. The van der Waals surface area contributed by atoms with Gasteiger partial charge in [-0.3, -0.25) is 0 Å². The van der Waals surface area contributed by atoms with Crippen molar-refractivity contribution < 1.29 is 4.74 Å². The molecule has 0 aliphatic carbocycles. The number of hydrogen-bond donors (Lipinski definition) is 1. The second kappa shape index (κ2) is 5.35. The predicted octanol–water partition coefficient (Wildman–Crippen LogP) is 3.15. The first kappa shape index (κ1) is 11.5. The summed E-state index contributed by atoms with van der Waals surface area (Å²) in [6, 6.07) is 8.70. The molecule has 16 heavy (non-hydrogen) atoms. The van der Waals surface area contributed by atoms with Crippen LogP contribution in [0, 0.1) is 5.92 Å². The summed E-state index contributed by atoms with van der Waals surface area (Å²) in [5, 5.41) is 3.57. The Kier molecular flexibility index (Phi) is 3.83. The maximum absolute atomic E-state index is 5.63. The maximum Gasteiger partial charge on any atom is 0.124 e. The van der Waals surface area contributed by atoms with E-state index in [9.17, 15) is 0 Å². The lowest BCUT2D eigenvalue weighted by atomic mass is 10.1. The SMILES string of the molecule is CC(C)CCCNC1COc2ccccc21. The standard InChI is InChI=1S/C14H21NO/c1-11(2)6-5-9-15-13-10-16-14-8-4-3-7-12(13)14/h3-4,7-8,11,13,15H,5-6,9-10H2,1-2H3. The minimum Gasteiger partial charge on any atom is -0.491 e. The van der Waals surface area contributed by atoms with Crippen LogP contribution in [-0.2, 0) is 0 Å². The quantitative estimate of drug-likeness (QED) is 0.768. The van der Waals surface area contributed by atoms with Gasteiger partial charge in [-0.1, -0.05) is 32.0 Å². The van der Waals surface area contributed by atoms with Crippen LogP contribution in [0.25, 0.3) is 0 Å². The Labute approximate surface area is 98.0 Å². The van der Waals surface area contributed by atoms with Crippen LogP contribution < -0.4 is 10.1 Å². The van der Waals surface area contributed by atoms with Crippen LogP contribution >= 0.6 is 0 Å². The average molecular weight is 219 g/mol. The highest BCUT2D eigenvalue weighted by molar-refractivity contribution is 5.39. The topological polar surface area (TPSA) is 21.3 Å². The largest absolute Gasteiger partial charge is 0.491 e. The Morgan fingerprint density at radius 3 is 3.00 bits per heavy atom. The molecule has 1 N–H and O–H groups in total. The summed E-state index contributed by atoms with van der Waals surface area (Å²) in [5.74, 6) is 1.85. The molecule has 1 heterocycles. The lowest BCUT2D eigenvalue weighted by Gasteiger charge is -2.12. The molecule has 0 saturated heterocycles. The highest BCUT2D eigenvalue weighted by atomic mass is 16.5. The molecule has 1 atom stereocenters. The Morgan fingerprint density at radius 2 is 2.19 bits per heavy atom. The fourth-order valence-corrected chi connectivity index (χ4v) is 2.12. The molecule has 0 bridgehead atoms. The molecule has 1 aliphatic heterocycles. The van der Waals surface area contributed by atoms with Crippen LogP contribution in [0.2, 0.25) is 0 Å². The smallest absolute Gasteiger partial charge is 0.124 e. The van der Waals surface area contributed by atoms with Crippen molar-refractivity contribution in [3.63, 3.8) is 0 Å². The van der Waals surface area contributed by atoms with E-state index in [1.165, 1.54) is 18.4 Å². The molecule has 1 aromatic rings. The van der Waals surface area contributed by atoms with Gasteiger partial charge in [0.05, 0.1) is 6.04 Å². The minimum absolute atomic E-state index is 0.392. The Bertz CT molecular complexity index is 335. The summed E-state index contributed by atoms with van der Waals surface area (Å²) in [4.78, 5) is 0. The summed E-state index contributed by atoms with van der Waals surface area (Å²) in [6.07, 6.45) is 2.54. The van der Waals surface area contributed by atoms with Crippen molar-refractivity contribution in [2.75, 3.05) is 13.2 Å². The zero-order valence-electron chi connectivity index (χ0n) is 10.2. The van der Waals surface area contributed by atoms with Gasteiger partial charge in [-0.15, -0.1) is 0 Å². The first-order valence-corrected chi connectivity index (χ1v) is 6.22. The van der Waals surface area contributed by atoms with Crippen molar-refractivity contribution in [3.05, 3.63) is 29.8 Å². The van der Waals surface area contributed by atoms with E-state index < -0.39 is 0 Å². The number of nitrogens with one attached hydrogen (secondary N) is 1. The van der Waals surface area contributed by atoms with E-state index in [1.807, 2.05) is 12.1 Å². The number of ether oxygens (including phenoxy) is 1. The van der Waals surface area contributed by atoms with Crippen LogP contribution in [-0.4, -0.2) is 13.2 Å². The molecular weight excluding hydrogens is 198 g/mol. The molecule has 88 valence electrons. The molecular formula is C14H21NO. The van der Waals surface area contributed by atoms with Crippen molar-refractivity contribution in [1.29, 1.82) is 0 Å². The fraction of sp³-hybridized carbons (Fsp3) is 0.571. The van der Waals surface area contributed by atoms with Crippen LogP contribution in [0.5, 0.6) is 5.75 Å². The van der Waals surface area contributed by atoms with Gasteiger partial charge in [0.25, 0.3) is 0 Å². The van der Waals surface area contributed by atoms with E-state index in [2.05, 4.69) is 31.3 Å². The fourth-order valence-electron chi connectivity index (χ4n) is 2.12. The number of para-hydroxylation sites is 1. The predicted molar refractivity (Wildman–Crippen MR) is 66.8 cm³/mol. The first-order valence-electron chi connectivity index (χ1n) is 6.22. The van der Waals surface area contributed by atoms with Crippen molar-refractivity contribution in [2.45, 2.75) is 32.7 Å². The zero-order valence-corrected chi connectivity index (χ0v) is 10.2. The van der Waals surface area contributed by atoms with Crippen LogP contribution in [0.1, 0.15) is 38.3 Å². The van der Waals surface area contributed by atoms with Gasteiger partial charge < -0.3 is 10.1 Å². The van der Waals surface area contributed by atoms with Crippen LogP contribution in [0.15, 0.2) is 24.3 Å². The number of benzene rings is 1. The molecule has 0 spiro atoms. The van der Waals surface area contributed by atoms with Crippen molar-refractivity contribution in [1.82, 2.24) is 5.32 Å². The van der Waals surface area contributed by atoms with Gasteiger partial charge in [0.15, 0.2) is 0 Å². The van der Waals surface area contributed by atoms with Gasteiger partial charge in [-0.2, -0.15) is 0 Å². The molecule has 0 radical (unpaired) electrons. The summed E-state index contributed by atoms with van der Waals surface area (Å²) in [6.45, 7) is 6.41. The second-order valence-electron chi connectivity index (χ2n) is 4.89. The number of hydrogen-bond acceptors (Lipinski definition) is 2. The molecule has 1 aliphatic rings. The van der Waals surface area contributed by atoms with Gasteiger partial charge >= 0.3 is 0 Å². The molecule has 2 heteroatoms. The normalized spacial score (nSPS) is 18.6. The van der Waals surface area contributed by atoms with E-state index in [-0.39, 0.29) is 0 Å². The third-order valence-electron chi connectivity index (χ3n) is 3.05. The third-order valence-corrected chi connectivity index (χ3v) is 3.05. The van der Waals surface area contributed by atoms with E-state index in [0.29, 0.717) is 6.04 Å². The summed E-state index contributed by atoms with van der Waals surface area (Å²) >= 11 is 0. The van der Waals surface area contributed by atoms with Crippen molar-refractivity contribution in [3.8, 4) is 5.75 Å². The highest BCUT2D eigenvalue weighted by Gasteiger charge is 2.22. The Hall–Kier alpha value is -1.02.